The first-order chi connectivity index (χ1) is 7.84. The zero-order valence-corrected chi connectivity index (χ0v) is 11.5. The maximum atomic E-state index is 9.52. The molecule has 0 amide bonds. The van der Waals surface area contributed by atoms with Gasteiger partial charge in [-0.2, -0.15) is 0 Å². The largest absolute Gasteiger partial charge is 0.146 e. The molecule has 0 aliphatic carbocycles. The van der Waals surface area contributed by atoms with Crippen LogP contribution < -0.4 is 5.73 Å². The van der Waals surface area contributed by atoms with E-state index in [2.05, 4.69) is 18.8 Å². The van der Waals surface area contributed by atoms with Gasteiger partial charge in [-0.05, 0) is 24.2 Å². The number of hydrogen-bond acceptors (Lipinski definition) is 0. The Morgan fingerprint density at radius 2 is 1.62 bits per heavy atom. The van der Waals surface area contributed by atoms with Gasteiger partial charge in [0.1, 0.15) is 5.42 Å². The normalized spacial score (nSPS) is 11.3. The lowest BCUT2D eigenvalue weighted by Crippen LogP contribution is -1.85. The molecule has 1 rings (SSSR count). The highest BCUT2D eigenvalue weighted by Crippen LogP contribution is 2.27. The predicted molar refractivity (Wildman–Crippen MR) is 74.1 cm³/mol. The Kier molecular flexibility index (Phi) is 7.42. The Labute approximate surface area is 102 Å². The van der Waals surface area contributed by atoms with Gasteiger partial charge in [-0.3, -0.25) is 0 Å². The average Bonchev–Trinajstić information content (AvgIpc) is 2.68. The third kappa shape index (κ3) is 5.61. The van der Waals surface area contributed by atoms with E-state index in [0.29, 0.717) is 13.6 Å². The molecule has 0 spiro atoms. The first kappa shape index (κ1) is 13.6. The average molecular weight is 237 g/mol. The molecule has 1 aromatic rings. The number of aryl methyl sites for hydroxylation is 1. The van der Waals surface area contributed by atoms with E-state index in [0.717, 1.165) is 6.42 Å². The third-order valence-electron chi connectivity index (χ3n) is 3.11. The Bertz CT molecular complexity index is 267. The second-order valence-corrected chi connectivity index (χ2v) is 5.67. The molecule has 2 radical (unpaired) electrons. The van der Waals surface area contributed by atoms with E-state index in [9.17, 15) is 5.73 Å². The molecule has 0 fully saturated rings. The summed E-state index contributed by atoms with van der Waals surface area (Å²) in [6, 6.07) is 2.09. The van der Waals surface area contributed by atoms with Crippen LogP contribution in [-0.4, -0.2) is 0 Å². The molecule has 1 atom stereocenters. The second kappa shape index (κ2) is 8.70. The molecule has 90 valence electrons. The van der Waals surface area contributed by atoms with Gasteiger partial charge in [-0.1, -0.05) is 57.9 Å². The highest BCUT2D eigenvalue weighted by Gasteiger charge is 2.00. The summed E-state index contributed by atoms with van der Waals surface area (Å²) in [6.07, 6.45) is 11.9. The van der Waals surface area contributed by atoms with Gasteiger partial charge in [-0.25, -0.2) is 0 Å². The standard InChI is InChI=1S/C14H24NP/c1-2-3-4-5-6-7-8-9-10-13-11-12-16-14(13)15/h11-12,16H,2-10H2,1H3. The maximum Gasteiger partial charge on any atom is 0.104 e. The summed E-state index contributed by atoms with van der Waals surface area (Å²) in [6.45, 7) is 2.26. The van der Waals surface area contributed by atoms with Gasteiger partial charge in [0.15, 0.2) is 0 Å². The second-order valence-electron chi connectivity index (χ2n) is 4.58. The zero-order valence-electron chi connectivity index (χ0n) is 10.5. The molecule has 2 heteroatoms. The fourth-order valence-electron chi connectivity index (χ4n) is 2.04. The van der Waals surface area contributed by atoms with Gasteiger partial charge in [0.2, 0.25) is 0 Å². The van der Waals surface area contributed by atoms with Crippen molar-refractivity contribution in [2.24, 2.45) is 0 Å². The molecule has 16 heavy (non-hydrogen) atoms. The van der Waals surface area contributed by atoms with Gasteiger partial charge in [-0.15, -0.1) is 13.9 Å². The van der Waals surface area contributed by atoms with Crippen molar-refractivity contribution >= 4 is 13.6 Å². The van der Waals surface area contributed by atoms with Gasteiger partial charge in [0.25, 0.3) is 0 Å². The molecule has 0 aliphatic rings. The van der Waals surface area contributed by atoms with Crippen molar-refractivity contribution < 1.29 is 0 Å². The SMILES string of the molecule is CCCCCCCCCCc1cc[pH]c1[N]. The first-order valence-corrected chi connectivity index (χ1v) is 7.77. The quantitative estimate of drug-likeness (QED) is 0.533. The van der Waals surface area contributed by atoms with Crippen LogP contribution in [0.15, 0.2) is 11.9 Å². The summed E-state index contributed by atoms with van der Waals surface area (Å²) in [4.78, 5) is 0. The number of hydrogen-bond donors (Lipinski definition) is 0. The predicted octanol–water partition coefficient (Wildman–Crippen LogP) is 5.10. The molecule has 0 N–H and O–H groups in total. The fraction of sp³-hybridized carbons (Fsp3) is 0.714. The minimum absolute atomic E-state index is 0.529. The van der Waals surface area contributed by atoms with Crippen LogP contribution in [0.2, 0.25) is 0 Å². The van der Waals surface area contributed by atoms with E-state index in [1.807, 2.05) is 0 Å². The molecule has 1 heterocycles. The number of unbranched alkanes of at least 4 members (excludes halogenated alkanes) is 7. The maximum absolute atomic E-state index is 9.52. The van der Waals surface area contributed by atoms with E-state index in [1.54, 1.807) is 0 Å². The van der Waals surface area contributed by atoms with Crippen molar-refractivity contribution in [1.29, 1.82) is 0 Å². The van der Waals surface area contributed by atoms with Crippen molar-refractivity contribution in [3.8, 4) is 0 Å². The van der Waals surface area contributed by atoms with Gasteiger partial charge in [0, 0.05) is 0 Å². The van der Waals surface area contributed by atoms with Crippen LogP contribution in [0.5, 0.6) is 0 Å². The molecule has 0 saturated carbocycles. The lowest BCUT2D eigenvalue weighted by atomic mass is 10.1. The van der Waals surface area contributed by atoms with Crippen LogP contribution in [0.3, 0.4) is 0 Å². The number of rotatable bonds is 9. The third-order valence-corrected chi connectivity index (χ3v) is 4.04. The highest BCUT2D eigenvalue weighted by atomic mass is 31.0. The van der Waals surface area contributed by atoms with E-state index >= 15 is 0 Å². The van der Waals surface area contributed by atoms with Crippen LogP contribution in [0.25, 0.3) is 0 Å². The lowest BCUT2D eigenvalue weighted by Gasteiger charge is -2.01. The molecule has 0 bridgehead atoms. The summed E-state index contributed by atoms with van der Waals surface area (Å²) in [7, 11) is 0.529. The van der Waals surface area contributed by atoms with E-state index in [4.69, 9.17) is 0 Å². The molecule has 1 nitrogen and oxygen atoms in total. The van der Waals surface area contributed by atoms with Gasteiger partial charge in [0.05, 0.1) is 0 Å². The summed E-state index contributed by atoms with van der Waals surface area (Å²) in [5.74, 6) is 2.08. The van der Waals surface area contributed by atoms with Crippen LogP contribution >= 0.6 is 8.19 Å². The molecule has 0 aromatic carbocycles. The van der Waals surface area contributed by atoms with Gasteiger partial charge >= 0.3 is 0 Å². The molecular weight excluding hydrogens is 213 g/mol. The van der Waals surface area contributed by atoms with Crippen LogP contribution in [0, 0.1) is 0 Å². The van der Waals surface area contributed by atoms with Crippen molar-refractivity contribution in [3.05, 3.63) is 17.4 Å². The molecule has 0 aliphatic heterocycles. The molecule has 1 aromatic heterocycles. The minimum atomic E-state index is 0.529. The summed E-state index contributed by atoms with van der Waals surface area (Å²) >= 11 is 0. The molecule has 0 saturated heterocycles. The Morgan fingerprint density at radius 1 is 1.00 bits per heavy atom. The lowest BCUT2D eigenvalue weighted by molar-refractivity contribution is 0.576. The zero-order chi connectivity index (χ0) is 11.6. The van der Waals surface area contributed by atoms with Crippen molar-refractivity contribution in [2.45, 2.75) is 64.7 Å². The van der Waals surface area contributed by atoms with Crippen LogP contribution in [-0.2, 0) is 6.42 Å². The fourth-order valence-corrected chi connectivity index (χ4v) is 2.88. The van der Waals surface area contributed by atoms with E-state index in [-0.39, 0.29) is 0 Å². The molecular formula is C14H24NP. The van der Waals surface area contributed by atoms with Crippen molar-refractivity contribution in [2.75, 3.05) is 0 Å². The van der Waals surface area contributed by atoms with Gasteiger partial charge < -0.3 is 0 Å². The first-order valence-electron chi connectivity index (χ1n) is 6.69. The van der Waals surface area contributed by atoms with Crippen LogP contribution in [0.1, 0.15) is 63.9 Å². The Morgan fingerprint density at radius 3 is 2.19 bits per heavy atom. The molecule has 1 unspecified atom stereocenters. The topological polar surface area (TPSA) is 22.3 Å². The van der Waals surface area contributed by atoms with Crippen molar-refractivity contribution in [3.63, 3.8) is 0 Å². The van der Waals surface area contributed by atoms with E-state index < -0.39 is 0 Å². The summed E-state index contributed by atoms with van der Waals surface area (Å²) < 4.78 is 0. The number of nitrogens with zero attached hydrogens (tertiary/aromatic N) is 1. The van der Waals surface area contributed by atoms with E-state index in [1.165, 1.54) is 56.9 Å². The summed E-state index contributed by atoms with van der Waals surface area (Å²) in [5, 5.41) is 0. The Balaban J connectivity index is 1.91. The van der Waals surface area contributed by atoms with Crippen LogP contribution in [0.4, 0.5) is 5.42 Å². The summed E-state index contributed by atoms with van der Waals surface area (Å²) in [5.41, 5.74) is 11.3. The monoisotopic (exact) mass is 237 g/mol. The Hall–Kier alpha value is -0.420. The van der Waals surface area contributed by atoms with Crippen molar-refractivity contribution in [1.82, 2.24) is 5.73 Å². The smallest absolute Gasteiger partial charge is 0.104 e. The minimum Gasteiger partial charge on any atom is -0.146 e. The highest BCUT2D eigenvalue weighted by molar-refractivity contribution is 7.33.